The first-order valence-electron chi connectivity index (χ1n) is 4.23. The SMILES string of the molecule is C=CCc1cc[nH]c1-c1cccs1. The van der Waals surface area contributed by atoms with Gasteiger partial charge in [-0.05, 0) is 29.5 Å². The lowest BCUT2D eigenvalue weighted by Crippen LogP contribution is -1.80. The van der Waals surface area contributed by atoms with Crippen molar-refractivity contribution in [1.82, 2.24) is 4.98 Å². The van der Waals surface area contributed by atoms with Crippen molar-refractivity contribution >= 4 is 11.3 Å². The molecule has 0 radical (unpaired) electrons. The van der Waals surface area contributed by atoms with Gasteiger partial charge in [0.15, 0.2) is 0 Å². The molecular formula is C11H11NS. The van der Waals surface area contributed by atoms with Crippen LogP contribution in [0.1, 0.15) is 5.56 Å². The van der Waals surface area contributed by atoms with E-state index in [1.807, 2.05) is 12.3 Å². The fourth-order valence-electron chi connectivity index (χ4n) is 1.38. The third-order valence-corrected chi connectivity index (χ3v) is 2.85. The fraction of sp³-hybridized carbons (Fsp3) is 0.0909. The number of hydrogen-bond donors (Lipinski definition) is 1. The van der Waals surface area contributed by atoms with Crippen LogP contribution >= 0.6 is 11.3 Å². The molecule has 2 heterocycles. The van der Waals surface area contributed by atoms with Crippen molar-refractivity contribution in [2.24, 2.45) is 0 Å². The van der Waals surface area contributed by atoms with E-state index in [0.717, 1.165) is 6.42 Å². The topological polar surface area (TPSA) is 15.8 Å². The molecule has 0 aliphatic rings. The summed E-state index contributed by atoms with van der Waals surface area (Å²) in [5.41, 5.74) is 2.55. The van der Waals surface area contributed by atoms with Gasteiger partial charge in [-0.3, -0.25) is 0 Å². The molecule has 0 aliphatic heterocycles. The Labute approximate surface area is 81.7 Å². The van der Waals surface area contributed by atoms with E-state index < -0.39 is 0 Å². The maximum Gasteiger partial charge on any atom is 0.0591 e. The van der Waals surface area contributed by atoms with Crippen LogP contribution in [0.2, 0.25) is 0 Å². The highest BCUT2D eigenvalue weighted by Crippen LogP contribution is 2.26. The number of aromatic nitrogens is 1. The molecule has 13 heavy (non-hydrogen) atoms. The normalized spacial score (nSPS) is 10.2. The second-order valence-electron chi connectivity index (χ2n) is 2.85. The zero-order valence-corrected chi connectivity index (χ0v) is 8.10. The molecule has 2 aromatic heterocycles. The molecule has 2 rings (SSSR count). The Hall–Kier alpha value is -1.28. The Morgan fingerprint density at radius 3 is 3.08 bits per heavy atom. The summed E-state index contributed by atoms with van der Waals surface area (Å²) < 4.78 is 0. The van der Waals surface area contributed by atoms with Crippen LogP contribution in [0.4, 0.5) is 0 Å². The summed E-state index contributed by atoms with van der Waals surface area (Å²) in [5.74, 6) is 0. The maximum absolute atomic E-state index is 3.75. The predicted molar refractivity (Wildman–Crippen MR) is 58.0 cm³/mol. The molecule has 0 bridgehead atoms. The Bertz CT molecular complexity index is 384. The highest BCUT2D eigenvalue weighted by atomic mass is 32.1. The Balaban J connectivity index is 2.40. The minimum Gasteiger partial charge on any atom is -0.360 e. The number of aromatic amines is 1. The van der Waals surface area contributed by atoms with E-state index in [-0.39, 0.29) is 0 Å². The van der Waals surface area contributed by atoms with Gasteiger partial charge in [0.05, 0.1) is 10.6 Å². The molecule has 0 fully saturated rings. The van der Waals surface area contributed by atoms with Crippen LogP contribution < -0.4 is 0 Å². The molecule has 2 heteroatoms. The Morgan fingerprint density at radius 2 is 2.38 bits per heavy atom. The molecule has 0 unspecified atom stereocenters. The van der Waals surface area contributed by atoms with Crippen LogP contribution in [-0.2, 0) is 6.42 Å². The lowest BCUT2D eigenvalue weighted by atomic mass is 10.1. The summed E-state index contributed by atoms with van der Waals surface area (Å²) in [7, 11) is 0. The standard InChI is InChI=1S/C11H11NS/c1-2-4-9-6-7-12-11(9)10-5-3-8-13-10/h2-3,5-8,12H,1,4H2. The van der Waals surface area contributed by atoms with E-state index in [2.05, 4.69) is 35.1 Å². The first kappa shape index (κ1) is 8.32. The molecule has 1 nitrogen and oxygen atoms in total. The van der Waals surface area contributed by atoms with E-state index in [1.54, 1.807) is 11.3 Å². The van der Waals surface area contributed by atoms with E-state index in [1.165, 1.54) is 16.1 Å². The first-order valence-corrected chi connectivity index (χ1v) is 5.11. The zero-order chi connectivity index (χ0) is 9.10. The second-order valence-corrected chi connectivity index (χ2v) is 3.80. The molecular weight excluding hydrogens is 178 g/mol. The Morgan fingerprint density at radius 1 is 1.46 bits per heavy atom. The number of H-pyrrole nitrogens is 1. The van der Waals surface area contributed by atoms with Crippen molar-refractivity contribution in [3.05, 3.63) is 48.0 Å². The van der Waals surface area contributed by atoms with E-state index in [9.17, 15) is 0 Å². The van der Waals surface area contributed by atoms with Gasteiger partial charge in [-0.15, -0.1) is 17.9 Å². The van der Waals surface area contributed by atoms with Gasteiger partial charge in [-0.25, -0.2) is 0 Å². The molecule has 0 spiro atoms. The van der Waals surface area contributed by atoms with Crippen molar-refractivity contribution < 1.29 is 0 Å². The van der Waals surface area contributed by atoms with Crippen molar-refractivity contribution in [3.63, 3.8) is 0 Å². The molecule has 0 saturated carbocycles. The highest BCUT2D eigenvalue weighted by molar-refractivity contribution is 7.13. The minimum atomic E-state index is 0.927. The summed E-state index contributed by atoms with van der Waals surface area (Å²) in [6.45, 7) is 3.75. The van der Waals surface area contributed by atoms with Crippen LogP contribution in [0.3, 0.4) is 0 Å². The minimum absolute atomic E-state index is 0.927. The van der Waals surface area contributed by atoms with Gasteiger partial charge >= 0.3 is 0 Å². The maximum atomic E-state index is 3.75. The van der Waals surface area contributed by atoms with Gasteiger partial charge in [0.2, 0.25) is 0 Å². The number of allylic oxidation sites excluding steroid dienone is 1. The molecule has 0 atom stereocenters. The van der Waals surface area contributed by atoms with Crippen LogP contribution in [0.25, 0.3) is 10.6 Å². The van der Waals surface area contributed by atoms with Crippen LogP contribution in [0, 0.1) is 0 Å². The van der Waals surface area contributed by atoms with Gasteiger partial charge in [-0.1, -0.05) is 12.1 Å². The lowest BCUT2D eigenvalue weighted by molar-refractivity contribution is 1.29. The first-order chi connectivity index (χ1) is 6.42. The summed E-state index contributed by atoms with van der Waals surface area (Å²) >= 11 is 1.76. The molecule has 0 saturated heterocycles. The average Bonchev–Trinajstić information content (AvgIpc) is 2.71. The fourth-order valence-corrected chi connectivity index (χ4v) is 2.15. The van der Waals surface area contributed by atoms with Crippen molar-refractivity contribution in [2.75, 3.05) is 0 Å². The molecule has 1 N–H and O–H groups in total. The van der Waals surface area contributed by atoms with Crippen molar-refractivity contribution in [1.29, 1.82) is 0 Å². The van der Waals surface area contributed by atoms with E-state index in [0.29, 0.717) is 0 Å². The van der Waals surface area contributed by atoms with E-state index in [4.69, 9.17) is 0 Å². The van der Waals surface area contributed by atoms with Gasteiger partial charge in [0.25, 0.3) is 0 Å². The van der Waals surface area contributed by atoms with Crippen LogP contribution in [0.15, 0.2) is 42.4 Å². The van der Waals surface area contributed by atoms with Gasteiger partial charge in [0.1, 0.15) is 0 Å². The molecule has 0 amide bonds. The Kier molecular flexibility index (Phi) is 2.32. The van der Waals surface area contributed by atoms with Gasteiger partial charge in [-0.2, -0.15) is 0 Å². The zero-order valence-electron chi connectivity index (χ0n) is 7.29. The number of rotatable bonds is 3. The summed E-state index contributed by atoms with van der Waals surface area (Å²) in [5, 5.41) is 2.09. The molecule has 0 aliphatic carbocycles. The number of nitrogens with one attached hydrogen (secondary N) is 1. The number of thiophene rings is 1. The lowest BCUT2D eigenvalue weighted by Gasteiger charge is -1.97. The predicted octanol–water partition coefficient (Wildman–Crippen LogP) is 3.47. The smallest absolute Gasteiger partial charge is 0.0591 e. The highest BCUT2D eigenvalue weighted by Gasteiger charge is 2.04. The van der Waals surface area contributed by atoms with Crippen molar-refractivity contribution in [2.45, 2.75) is 6.42 Å². The van der Waals surface area contributed by atoms with Crippen LogP contribution in [0.5, 0.6) is 0 Å². The van der Waals surface area contributed by atoms with Crippen LogP contribution in [-0.4, -0.2) is 4.98 Å². The quantitative estimate of drug-likeness (QED) is 0.711. The summed E-state index contributed by atoms with van der Waals surface area (Å²) in [6.07, 6.45) is 4.84. The number of hydrogen-bond acceptors (Lipinski definition) is 1. The molecule has 2 aromatic rings. The molecule has 0 aromatic carbocycles. The third-order valence-electron chi connectivity index (χ3n) is 1.97. The largest absolute Gasteiger partial charge is 0.360 e. The van der Waals surface area contributed by atoms with Crippen molar-refractivity contribution in [3.8, 4) is 10.6 Å². The van der Waals surface area contributed by atoms with E-state index >= 15 is 0 Å². The average molecular weight is 189 g/mol. The third kappa shape index (κ3) is 1.58. The monoisotopic (exact) mass is 189 g/mol. The van der Waals surface area contributed by atoms with Gasteiger partial charge < -0.3 is 4.98 Å². The molecule has 66 valence electrons. The summed E-state index contributed by atoms with van der Waals surface area (Å²) in [6, 6.07) is 6.30. The second kappa shape index (κ2) is 3.62. The van der Waals surface area contributed by atoms with Gasteiger partial charge in [0, 0.05) is 6.20 Å². The summed E-state index contributed by atoms with van der Waals surface area (Å²) in [4.78, 5) is 4.55.